The first-order valence-electron chi connectivity index (χ1n) is 25.8. The summed E-state index contributed by atoms with van der Waals surface area (Å²) in [5.74, 6) is 3.65. The van der Waals surface area contributed by atoms with Crippen molar-refractivity contribution in [3.05, 3.63) is 12.2 Å². The Morgan fingerprint density at radius 3 is 1.10 bits per heavy atom. The predicted octanol–water partition coefficient (Wildman–Crippen LogP) is 7.83. The molecule has 63 heavy (non-hydrogen) atoms. The number of nitrogens with one attached hydrogen (secondary N) is 6. The van der Waals surface area contributed by atoms with Crippen molar-refractivity contribution in [1.29, 1.82) is 0 Å². The molecular formula is C51H86N6O6. The van der Waals surface area contributed by atoms with E-state index in [2.05, 4.69) is 57.9 Å². The molecule has 12 heteroatoms. The molecule has 11 atom stereocenters. The first-order valence-corrected chi connectivity index (χ1v) is 25.8. The molecule has 6 heterocycles. The van der Waals surface area contributed by atoms with Gasteiger partial charge < -0.3 is 31.9 Å². The maximum absolute atomic E-state index is 11.4. The van der Waals surface area contributed by atoms with Crippen LogP contribution in [0.2, 0.25) is 0 Å². The molecule has 0 aromatic rings. The Morgan fingerprint density at radius 1 is 0.429 bits per heavy atom. The van der Waals surface area contributed by atoms with Gasteiger partial charge in [-0.25, -0.2) is 0 Å². The van der Waals surface area contributed by atoms with Crippen LogP contribution in [0.15, 0.2) is 12.2 Å². The maximum atomic E-state index is 11.4. The Labute approximate surface area is 380 Å². The standard InChI is InChI=1S/C13H23NO.C9H15NO.C9H13NO.C7H11NO.C7H13NO.C6H11NO/c15-13-11-9-7-5-3-1-2-4-6-8-10-12(11)14-13;2*11-9-7-5-3-1-2-4-6-8(7)10-9;9-7-5-3-1-2-4-6(5)8-7;1-4-5-6(9)8-7(5,2)3;1-3-5-4(2)7-6(5)8/h11-12H,1-10H2,(H,14,15);7-8H,1-6H2,(H,10,11);1-2,7-8H,3-6H2,(H,10,11);5-6H,1-4H2,(H,8,9);5H,4H2,1-3H3,(H,8,9);4-5H,3H2,1-2H3,(H,7,8)/b;;2-1-;;;/t;2*7?,8-;5?,6-;;4-,5-/m.111.0/s1. The number of allylic oxidation sites excluding steroid dienone is 2. The molecule has 6 N–H and O–H groups in total. The fraction of sp³-hybridized carbons (Fsp3) is 0.843. The quantitative estimate of drug-likeness (QED) is 0.122. The predicted molar refractivity (Wildman–Crippen MR) is 249 cm³/mol. The Kier molecular flexibility index (Phi) is 20.3. The second-order valence-corrected chi connectivity index (χ2v) is 20.7. The average Bonchev–Trinajstić information content (AvgIpc) is 3.22. The van der Waals surface area contributed by atoms with Crippen LogP contribution in [0.4, 0.5) is 0 Å². The van der Waals surface area contributed by atoms with Crippen LogP contribution in [0.3, 0.4) is 0 Å². The van der Waals surface area contributed by atoms with E-state index in [9.17, 15) is 28.8 Å². The first kappa shape index (κ1) is 50.6. The summed E-state index contributed by atoms with van der Waals surface area (Å²) in [6.45, 7) is 10.2. The molecule has 0 aromatic carbocycles. The van der Waals surface area contributed by atoms with E-state index < -0.39 is 0 Å². The van der Waals surface area contributed by atoms with Gasteiger partial charge in [-0.15, -0.1) is 0 Å². The third-order valence-corrected chi connectivity index (χ3v) is 15.7. The Morgan fingerprint density at radius 2 is 0.778 bits per heavy atom. The molecular weight excluding hydrogens is 793 g/mol. The molecule has 6 aliphatic heterocycles. The molecule has 10 aliphatic rings. The third-order valence-electron chi connectivity index (χ3n) is 15.7. The van der Waals surface area contributed by atoms with E-state index in [4.69, 9.17) is 0 Å². The number of amides is 6. The fourth-order valence-electron chi connectivity index (χ4n) is 11.3. The fourth-order valence-corrected chi connectivity index (χ4v) is 11.3. The van der Waals surface area contributed by atoms with Gasteiger partial charge in [0.1, 0.15) is 0 Å². The highest BCUT2D eigenvalue weighted by Crippen LogP contribution is 2.32. The van der Waals surface area contributed by atoms with Crippen LogP contribution >= 0.6 is 0 Å². The molecule has 6 amide bonds. The highest BCUT2D eigenvalue weighted by molar-refractivity contribution is 5.88. The van der Waals surface area contributed by atoms with Crippen LogP contribution in [0.5, 0.6) is 0 Å². The monoisotopic (exact) mass is 879 g/mol. The largest absolute Gasteiger partial charge is 0.353 e. The van der Waals surface area contributed by atoms with Gasteiger partial charge in [0.15, 0.2) is 0 Å². The van der Waals surface area contributed by atoms with E-state index in [1.54, 1.807) is 0 Å². The van der Waals surface area contributed by atoms with Crippen molar-refractivity contribution >= 4 is 35.4 Å². The van der Waals surface area contributed by atoms with Gasteiger partial charge >= 0.3 is 0 Å². The second kappa shape index (κ2) is 25.3. The summed E-state index contributed by atoms with van der Waals surface area (Å²) in [5.41, 5.74) is 0.0613. The molecule has 0 aromatic heterocycles. The molecule has 0 radical (unpaired) electrons. The summed E-state index contributed by atoms with van der Waals surface area (Å²) < 4.78 is 0. The van der Waals surface area contributed by atoms with Crippen LogP contribution in [0.1, 0.15) is 202 Å². The van der Waals surface area contributed by atoms with E-state index in [1.165, 1.54) is 109 Å². The molecule has 10 rings (SSSR count). The smallest absolute Gasteiger partial charge is 0.225 e. The van der Waals surface area contributed by atoms with Crippen molar-refractivity contribution in [2.75, 3.05) is 0 Å². The van der Waals surface area contributed by atoms with Crippen LogP contribution < -0.4 is 31.9 Å². The number of carbonyl (C=O) groups is 6. The summed E-state index contributed by atoms with van der Waals surface area (Å²) in [6.07, 6.45) is 36.5. The van der Waals surface area contributed by atoms with Crippen LogP contribution in [0, 0.1) is 35.5 Å². The normalized spacial score (nSPS) is 36.3. The van der Waals surface area contributed by atoms with Gasteiger partial charge in [0.05, 0.1) is 35.5 Å². The maximum Gasteiger partial charge on any atom is 0.225 e. The number of hydrogen-bond donors (Lipinski definition) is 6. The minimum absolute atomic E-state index is 0.0613. The van der Waals surface area contributed by atoms with Gasteiger partial charge in [-0.1, -0.05) is 116 Å². The van der Waals surface area contributed by atoms with Crippen molar-refractivity contribution in [2.24, 2.45) is 35.5 Å². The van der Waals surface area contributed by atoms with Crippen molar-refractivity contribution in [2.45, 2.75) is 237 Å². The van der Waals surface area contributed by atoms with Crippen LogP contribution in [-0.4, -0.2) is 71.2 Å². The van der Waals surface area contributed by atoms with E-state index in [0.717, 1.165) is 57.8 Å². The summed E-state index contributed by atoms with van der Waals surface area (Å²) in [4.78, 5) is 65.5. The number of β-lactam (4-membered cyclic amide) rings is 6. The first-order chi connectivity index (χ1) is 30.3. The van der Waals surface area contributed by atoms with Gasteiger partial charge in [0.2, 0.25) is 35.4 Å². The third kappa shape index (κ3) is 14.5. The van der Waals surface area contributed by atoms with Crippen molar-refractivity contribution in [1.82, 2.24) is 31.9 Å². The average molecular weight is 879 g/mol. The minimum atomic E-state index is 0.0613. The summed E-state index contributed by atoms with van der Waals surface area (Å²) in [7, 11) is 0. The Hall–Kier alpha value is -3.44. The zero-order valence-corrected chi connectivity index (χ0v) is 39.8. The minimum Gasteiger partial charge on any atom is -0.353 e. The molecule has 4 aliphatic carbocycles. The molecule has 9 fully saturated rings. The van der Waals surface area contributed by atoms with Gasteiger partial charge in [0.25, 0.3) is 0 Å². The number of hydrogen-bond acceptors (Lipinski definition) is 6. The Bertz CT molecular complexity index is 1550. The number of rotatable bonds is 2. The lowest BCUT2D eigenvalue weighted by atomic mass is 9.77. The highest BCUT2D eigenvalue weighted by Gasteiger charge is 2.45. The molecule has 6 unspecified atom stereocenters. The summed E-state index contributed by atoms with van der Waals surface area (Å²) in [5, 5.41) is 17.5. The van der Waals surface area contributed by atoms with Crippen molar-refractivity contribution in [3.8, 4) is 0 Å². The summed E-state index contributed by atoms with van der Waals surface area (Å²) in [6, 6.07) is 2.55. The lowest BCUT2D eigenvalue weighted by molar-refractivity contribution is -0.140. The van der Waals surface area contributed by atoms with Gasteiger partial charge in [-0.2, -0.15) is 0 Å². The van der Waals surface area contributed by atoms with Crippen molar-refractivity contribution < 1.29 is 28.8 Å². The zero-order valence-electron chi connectivity index (χ0n) is 39.8. The van der Waals surface area contributed by atoms with Gasteiger partial charge in [0, 0.05) is 35.7 Å². The zero-order chi connectivity index (χ0) is 45.4. The molecule has 0 bridgehead atoms. The SMILES string of the molecule is CCC1C(=O)NC1(C)C.CC[C@@H]1C(=O)N[C@H]1C.O=C1NC2CCCCCCCCCCC12.O=C1N[C@@H]2CC/C=C\CCC12.O=C1N[C@@H]2CCCCC12.O=C1N[C@@H]2CCCCCCC12. The van der Waals surface area contributed by atoms with Gasteiger partial charge in [-0.05, 0) is 97.8 Å². The number of carbonyl (C=O) groups excluding carboxylic acids is 6. The molecule has 356 valence electrons. The van der Waals surface area contributed by atoms with Crippen molar-refractivity contribution in [3.63, 3.8) is 0 Å². The Balaban J connectivity index is 0.000000144. The summed E-state index contributed by atoms with van der Waals surface area (Å²) >= 11 is 0. The lowest BCUT2D eigenvalue weighted by Gasteiger charge is -2.43. The van der Waals surface area contributed by atoms with Gasteiger partial charge in [-0.3, -0.25) is 28.8 Å². The molecule has 6 saturated heterocycles. The number of fused-ring (bicyclic) bond motifs is 4. The van der Waals surface area contributed by atoms with Crippen LogP contribution in [-0.2, 0) is 28.8 Å². The second-order valence-electron chi connectivity index (χ2n) is 20.7. The highest BCUT2D eigenvalue weighted by atomic mass is 16.2. The molecule has 12 nitrogen and oxygen atoms in total. The van der Waals surface area contributed by atoms with E-state index in [1.807, 2.05) is 20.8 Å². The molecule has 0 spiro atoms. The molecule has 3 saturated carbocycles. The topological polar surface area (TPSA) is 175 Å². The van der Waals surface area contributed by atoms with E-state index >= 15 is 0 Å². The lowest BCUT2D eigenvalue weighted by Crippen LogP contribution is -2.65. The van der Waals surface area contributed by atoms with E-state index in [0.29, 0.717) is 77.5 Å². The van der Waals surface area contributed by atoms with Crippen LogP contribution in [0.25, 0.3) is 0 Å². The van der Waals surface area contributed by atoms with E-state index in [-0.39, 0.29) is 29.2 Å².